The van der Waals surface area contributed by atoms with Gasteiger partial charge in [-0.1, -0.05) is 48.0 Å². The van der Waals surface area contributed by atoms with E-state index in [4.69, 9.17) is 11.6 Å². The number of amides is 2. The Balaban J connectivity index is 1.82. The third-order valence-corrected chi connectivity index (χ3v) is 5.12. The number of nitrogens with one attached hydrogen (secondary N) is 2. The van der Waals surface area contributed by atoms with Crippen LogP contribution in [0.3, 0.4) is 0 Å². The number of hydrazone groups is 1. The fraction of sp³-hybridized carbons (Fsp3) is 0.0800. The summed E-state index contributed by atoms with van der Waals surface area (Å²) in [6.45, 7) is 0. The third-order valence-electron chi connectivity index (χ3n) is 4.80. The molecule has 2 amide bonds. The second-order valence-electron chi connectivity index (χ2n) is 7.53. The first-order chi connectivity index (χ1) is 16.7. The van der Waals surface area contributed by atoms with Gasteiger partial charge in [-0.2, -0.15) is 5.10 Å². The maximum Gasteiger partial charge on any atom is 0.288 e. The lowest BCUT2D eigenvalue weighted by atomic mass is 10.1. The molecule has 0 heterocycles. The van der Waals surface area contributed by atoms with Crippen molar-refractivity contribution in [3.8, 4) is 0 Å². The molecule has 0 aliphatic carbocycles. The molecule has 0 aliphatic rings. The number of carbonyl (C=O) groups is 2. The van der Waals surface area contributed by atoms with Gasteiger partial charge in [-0.25, -0.2) is 5.43 Å². The molecule has 0 radical (unpaired) electrons. The average Bonchev–Trinajstić information content (AvgIpc) is 2.85. The molecule has 3 aromatic carbocycles. The van der Waals surface area contributed by atoms with Crippen LogP contribution >= 0.6 is 11.6 Å². The fourth-order valence-corrected chi connectivity index (χ4v) is 3.14. The maximum absolute atomic E-state index is 12.9. The summed E-state index contributed by atoms with van der Waals surface area (Å²) in [5.41, 5.74) is 4.43. The summed E-state index contributed by atoms with van der Waals surface area (Å²) in [4.78, 5) is 37.9. The Morgan fingerprint density at radius 3 is 2.29 bits per heavy atom. The van der Waals surface area contributed by atoms with E-state index in [1.54, 1.807) is 30.3 Å². The first-order valence-corrected chi connectivity index (χ1v) is 10.7. The van der Waals surface area contributed by atoms with Crippen LogP contribution in [0, 0.1) is 10.1 Å². The zero-order valence-corrected chi connectivity index (χ0v) is 19.7. The summed E-state index contributed by atoms with van der Waals surface area (Å²) < 4.78 is 0. The second kappa shape index (κ2) is 11.6. The predicted octanol–water partition coefficient (Wildman–Crippen LogP) is 4.24. The smallest absolute Gasteiger partial charge is 0.288 e. The normalized spacial score (nSPS) is 11.2. The van der Waals surface area contributed by atoms with Gasteiger partial charge in [0.05, 0.1) is 11.1 Å². The molecule has 0 aliphatic heterocycles. The van der Waals surface area contributed by atoms with Crippen molar-refractivity contribution in [3.63, 3.8) is 0 Å². The minimum atomic E-state index is -0.675. The van der Waals surface area contributed by atoms with Gasteiger partial charge in [0.25, 0.3) is 17.5 Å². The summed E-state index contributed by atoms with van der Waals surface area (Å²) in [6.07, 6.45) is 2.77. The number of benzene rings is 3. The molecule has 2 N–H and O–H groups in total. The molecule has 35 heavy (non-hydrogen) atoms. The Bertz CT molecular complexity index is 1290. The molecular weight excluding hydrogens is 470 g/mol. The zero-order chi connectivity index (χ0) is 25.4. The molecule has 3 aromatic rings. The van der Waals surface area contributed by atoms with E-state index in [9.17, 15) is 19.7 Å². The lowest BCUT2D eigenvalue weighted by Crippen LogP contribution is -2.32. The highest BCUT2D eigenvalue weighted by molar-refractivity contribution is 6.32. The molecule has 3 rings (SSSR count). The zero-order valence-electron chi connectivity index (χ0n) is 18.9. The molecule has 0 atom stereocenters. The molecule has 0 fully saturated rings. The Hall–Kier alpha value is -4.50. The van der Waals surface area contributed by atoms with Crippen molar-refractivity contribution in [2.24, 2.45) is 5.10 Å². The highest BCUT2D eigenvalue weighted by atomic mass is 35.5. The number of halogens is 1. The van der Waals surface area contributed by atoms with E-state index in [-0.39, 0.29) is 16.4 Å². The molecule has 178 valence electrons. The number of carbonyl (C=O) groups excluding carboxylic acids is 2. The monoisotopic (exact) mass is 491 g/mol. The van der Waals surface area contributed by atoms with Gasteiger partial charge in [0.2, 0.25) is 0 Å². The van der Waals surface area contributed by atoms with Gasteiger partial charge in [0, 0.05) is 37.0 Å². The van der Waals surface area contributed by atoms with E-state index >= 15 is 0 Å². The Morgan fingerprint density at radius 2 is 1.66 bits per heavy atom. The number of nitro groups is 1. The summed E-state index contributed by atoms with van der Waals surface area (Å²) in [5, 5.41) is 17.5. The van der Waals surface area contributed by atoms with Crippen LogP contribution in [0.15, 0.2) is 83.6 Å². The number of anilines is 1. The van der Waals surface area contributed by atoms with Crippen LogP contribution in [0.4, 0.5) is 11.4 Å². The SMILES string of the molecule is CN(C)c1ccc(C=C(NC(=O)c2ccccc2)C(=O)NN=Cc2ccc(Cl)c([N+](=O)[O-])c2)cc1. The Labute approximate surface area is 206 Å². The highest BCUT2D eigenvalue weighted by Gasteiger charge is 2.15. The maximum atomic E-state index is 12.9. The highest BCUT2D eigenvalue weighted by Crippen LogP contribution is 2.24. The van der Waals surface area contributed by atoms with Gasteiger partial charge in [-0.3, -0.25) is 19.7 Å². The molecule has 0 spiro atoms. The van der Waals surface area contributed by atoms with E-state index in [1.807, 2.05) is 43.3 Å². The molecule has 0 unspecified atom stereocenters. The van der Waals surface area contributed by atoms with E-state index in [0.29, 0.717) is 16.7 Å². The van der Waals surface area contributed by atoms with Gasteiger partial charge < -0.3 is 10.2 Å². The first-order valence-electron chi connectivity index (χ1n) is 10.4. The lowest BCUT2D eigenvalue weighted by Gasteiger charge is -2.12. The minimum Gasteiger partial charge on any atom is -0.378 e. The van der Waals surface area contributed by atoms with E-state index in [1.165, 1.54) is 30.5 Å². The summed E-state index contributed by atoms with van der Waals surface area (Å²) in [7, 11) is 3.83. The lowest BCUT2D eigenvalue weighted by molar-refractivity contribution is -0.384. The van der Waals surface area contributed by atoms with Crippen LogP contribution in [-0.4, -0.2) is 37.0 Å². The number of rotatable bonds is 8. The van der Waals surface area contributed by atoms with E-state index < -0.39 is 16.7 Å². The van der Waals surface area contributed by atoms with Crippen LogP contribution in [0.2, 0.25) is 5.02 Å². The van der Waals surface area contributed by atoms with Crippen molar-refractivity contribution in [3.05, 3.63) is 110 Å². The van der Waals surface area contributed by atoms with Gasteiger partial charge in [-0.15, -0.1) is 0 Å². The van der Waals surface area contributed by atoms with Crippen LogP contribution in [0.5, 0.6) is 0 Å². The quantitative estimate of drug-likeness (QED) is 0.211. The van der Waals surface area contributed by atoms with Crippen LogP contribution in [0.1, 0.15) is 21.5 Å². The van der Waals surface area contributed by atoms with Gasteiger partial charge in [0.1, 0.15) is 10.7 Å². The van der Waals surface area contributed by atoms with Crippen LogP contribution in [-0.2, 0) is 4.79 Å². The number of hydrogen-bond acceptors (Lipinski definition) is 6. The molecular formula is C25H22ClN5O4. The van der Waals surface area contributed by atoms with Crippen molar-refractivity contribution in [1.29, 1.82) is 0 Å². The summed E-state index contributed by atoms with van der Waals surface area (Å²) in [6, 6.07) is 20.0. The standard InChI is InChI=1S/C25H22ClN5O4/c1-30(2)20-11-8-17(9-12-20)14-22(28-24(32)19-6-4-3-5-7-19)25(33)29-27-16-18-10-13-21(26)23(15-18)31(34)35/h3-16H,1-2H3,(H,28,32)(H,29,33). The fourth-order valence-electron chi connectivity index (χ4n) is 2.95. The van der Waals surface area contributed by atoms with Crippen molar-refractivity contribution in [2.75, 3.05) is 19.0 Å². The Kier molecular flexibility index (Phi) is 8.31. The van der Waals surface area contributed by atoms with Crippen molar-refractivity contribution in [2.45, 2.75) is 0 Å². The van der Waals surface area contributed by atoms with E-state index in [0.717, 1.165) is 5.69 Å². The number of nitro benzene ring substituents is 1. The summed E-state index contributed by atoms with van der Waals surface area (Å²) >= 11 is 5.81. The van der Waals surface area contributed by atoms with Crippen molar-refractivity contribution in [1.82, 2.24) is 10.7 Å². The average molecular weight is 492 g/mol. The number of hydrogen-bond donors (Lipinski definition) is 2. The second-order valence-corrected chi connectivity index (χ2v) is 7.94. The molecule has 0 saturated carbocycles. The molecule has 0 bridgehead atoms. The van der Waals surface area contributed by atoms with Crippen LogP contribution < -0.4 is 15.6 Å². The summed E-state index contributed by atoms with van der Waals surface area (Å²) in [5.74, 6) is -1.14. The molecule has 10 heteroatoms. The topological polar surface area (TPSA) is 117 Å². The van der Waals surface area contributed by atoms with E-state index in [2.05, 4.69) is 15.8 Å². The third kappa shape index (κ3) is 6.99. The Morgan fingerprint density at radius 1 is 1.00 bits per heavy atom. The van der Waals surface area contributed by atoms with Crippen molar-refractivity contribution < 1.29 is 14.5 Å². The minimum absolute atomic E-state index is 0.00897. The number of nitrogens with zero attached hydrogens (tertiary/aromatic N) is 3. The van der Waals surface area contributed by atoms with Gasteiger partial charge in [-0.05, 0) is 42.0 Å². The molecule has 0 saturated heterocycles. The van der Waals surface area contributed by atoms with Crippen LogP contribution in [0.25, 0.3) is 6.08 Å². The predicted molar refractivity (Wildman–Crippen MR) is 136 cm³/mol. The van der Waals surface area contributed by atoms with Crippen molar-refractivity contribution >= 4 is 47.1 Å². The van der Waals surface area contributed by atoms with Gasteiger partial charge in [0.15, 0.2) is 0 Å². The van der Waals surface area contributed by atoms with Gasteiger partial charge >= 0.3 is 0 Å². The first kappa shape index (κ1) is 25.1. The molecule has 0 aromatic heterocycles. The largest absolute Gasteiger partial charge is 0.378 e. The molecule has 9 nitrogen and oxygen atoms in total.